The third kappa shape index (κ3) is 2.24. The van der Waals surface area contributed by atoms with Gasteiger partial charge in [-0.3, -0.25) is 0 Å². The lowest BCUT2D eigenvalue weighted by Gasteiger charge is -2.25. The molecule has 0 saturated heterocycles. The average molecular weight is 280 g/mol. The van der Waals surface area contributed by atoms with Crippen molar-refractivity contribution in [2.24, 2.45) is 0 Å². The van der Waals surface area contributed by atoms with Gasteiger partial charge in [0.15, 0.2) is 0 Å². The van der Waals surface area contributed by atoms with Crippen molar-refractivity contribution in [2.45, 2.75) is 26.3 Å². The molecule has 0 radical (unpaired) electrons. The molecular formula is C14H14ClNO3. The van der Waals surface area contributed by atoms with E-state index in [1.54, 1.807) is 26.0 Å². The van der Waals surface area contributed by atoms with Crippen molar-refractivity contribution >= 4 is 29.4 Å². The maximum absolute atomic E-state index is 11.5. The SMILES string of the molecule is CC1=C(C(=O)O)c2c(C(C)C=O)ccc(Cl)c2CN1. The first-order valence-electron chi connectivity index (χ1n) is 5.92. The number of hydrogen-bond acceptors (Lipinski definition) is 3. The highest BCUT2D eigenvalue weighted by molar-refractivity contribution is 6.32. The summed E-state index contributed by atoms with van der Waals surface area (Å²) in [5.41, 5.74) is 2.79. The summed E-state index contributed by atoms with van der Waals surface area (Å²) in [6, 6.07) is 3.43. The zero-order valence-corrected chi connectivity index (χ0v) is 11.4. The number of carboxylic acid groups (broad SMARTS) is 1. The molecule has 2 rings (SSSR count). The molecule has 0 amide bonds. The third-order valence-corrected chi connectivity index (χ3v) is 3.71. The molecule has 0 spiro atoms. The van der Waals surface area contributed by atoms with Gasteiger partial charge in [0.2, 0.25) is 0 Å². The van der Waals surface area contributed by atoms with Crippen LogP contribution in [0.15, 0.2) is 17.8 Å². The molecule has 1 atom stereocenters. The van der Waals surface area contributed by atoms with Crippen molar-refractivity contribution in [2.75, 3.05) is 0 Å². The number of hydrogen-bond donors (Lipinski definition) is 2. The quantitative estimate of drug-likeness (QED) is 0.835. The lowest BCUT2D eigenvalue weighted by molar-refractivity contribution is -0.130. The van der Waals surface area contributed by atoms with Crippen LogP contribution in [-0.2, 0) is 16.1 Å². The van der Waals surface area contributed by atoms with Gasteiger partial charge in [-0.05, 0) is 24.1 Å². The first-order valence-corrected chi connectivity index (χ1v) is 6.30. The number of fused-ring (bicyclic) bond motifs is 1. The van der Waals surface area contributed by atoms with Crippen molar-refractivity contribution in [1.29, 1.82) is 0 Å². The smallest absolute Gasteiger partial charge is 0.338 e. The van der Waals surface area contributed by atoms with Gasteiger partial charge in [-0.25, -0.2) is 4.79 Å². The number of rotatable bonds is 3. The molecule has 1 aliphatic rings. The van der Waals surface area contributed by atoms with Crippen LogP contribution in [0.4, 0.5) is 0 Å². The lowest BCUT2D eigenvalue weighted by atomic mass is 9.86. The highest BCUT2D eigenvalue weighted by Gasteiger charge is 2.27. The zero-order chi connectivity index (χ0) is 14.2. The molecule has 4 nitrogen and oxygen atoms in total. The van der Waals surface area contributed by atoms with Crippen LogP contribution in [0, 0.1) is 0 Å². The van der Waals surface area contributed by atoms with Gasteiger partial charge >= 0.3 is 5.97 Å². The van der Waals surface area contributed by atoms with Crippen molar-refractivity contribution in [3.8, 4) is 0 Å². The maximum Gasteiger partial charge on any atom is 0.338 e. The van der Waals surface area contributed by atoms with Crippen molar-refractivity contribution < 1.29 is 14.7 Å². The number of carbonyl (C=O) groups is 2. The molecule has 19 heavy (non-hydrogen) atoms. The molecule has 2 N–H and O–H groups in total. The zero-order valence-electron chi connectivity index (χ0n) is 10.7. The fourth-order valence-electron chi connectivity index (χ4n) is 2.33. The van der Waals surface area contributed by atoms with Crippen LogP contribution in [0.1, 0.15) is 36.5 Å². The number of halogens is 1. The first-order chi connectivity index (χ1) is 8.97. The highest BCUT2D eigenvalue weighted by atomic mass is 35.5. The third-order valence-electron chi connectivity index (χ3n) is 3.35. The van der Waals surface area contributed by atoms with E-state index in [1.807, 2.05) is 0 Å². The summed E-state index contributed by atoms with van der Waals surface area (Å²) in [5.74, 6) is -1.39. The summed E-state index contributed by atoms with van der Waals surface area (Å²) < 4.78 is 0. The van der Waals surface area contributed by atoms with Gasteiger partial charge in [-0.15, -0.1) is 0 Å². The Hall–Kier alpha value is -1.81. The van der Waals surface area contributed by atoms with Crippen LogP contribution in [-0.4, -0.2) is 17.4 Å². The Morgan fingerprint density at radius 2 is 2.21 bits per heavy atom. The van der Waals surface area contributed by atoms with Gasteiger partial charge < -0.3 is 15.2 Å². The van der Waals surface area contributed by atoms with E-state index in [2.05, 4.69) is 5.32 Å². The van der Waals surface area contributed by atoms with E-state index < -0.39 is 5.97 Å². The van der Waals surface area contributed by atoms with Gasteiger partial charge in [-0.1, -0.05) is 24.6 Å². The Bertz CT molecular complexity index is 593. The molecule has 100 valence electrons. The average Bonchev–Trinajstić information content (AvgIpc) is 2.37. The van der Waals surface area contributed by atoms with E-state index in [4.69, 9.17) is 11.6 Å². The number of aliphatic carboxylic acids is 1. The Morgan fingerprint density at radius 1 is 1.53 bits per heavy atom. The molecule has 0 aliphatic carbocycles. The normalized spacial score (nSPS) is 15.5. The van der Waals surface area contributed by atoms with Crippen LogP contribution in [0.2, 0.25) is 5.02 Å². The Morgan fingerprint density at radius 3 is 2.79 bits per heavy atom. The molecule has 1 unspecified atom stereocenters. The summed E-state index contributed by atoms with van der Waals surface area (Å²) in [4.78, 5) is 22.5. The number of carbonyl (C=O) groups excluding carboxylic acids is 1. The summed E-state index contributed by atoms with van der Waals surface area (Å²) >= 11 is 6.14. The minimum absolute atomic E-state index is 0.187. The topological polar surface area (TPSA) is 66.4 Å². The van der Waals surface area contributed by atoms with Gasteiger partial charge in [-0.2, -0.15) is 0 Å². The summed E-state index contributed by atoms with van der Waals surface area (Å²) in [5, 5.41) is 12.9. The Labute approximate surface area is 116 Å². The summed E-state index contributed by atoms with van der Waals surface area (Å²) in [6.07, 6.45) is 0.806. The van der Waals surface area contributed by atoms with E-state index in [0.717, 1.165) is 11.8 Å². The number of allylic oxidation sites excluding steroid dienone is 1. The van der Waals surface area contributed by atoms with Crippen molar-refractivity contribution in [1.82, 2.24) is 5.32 Å². The van der Waals surface area contributed by atoms with Gasteiger partial charge in [0.25, 0.3) is 0 Å². The predicted octanol–water partition coefficient (Wildman–Crippen LogP) is 2.56. The Kier molecular flexibility index (Phi) is 3.62. The minimum Gasteiger partial charge on any atom is -0.478 e. The molecule has 0 aromatic heterocycles. The lowest BCUT2D eigenvalue weighted by Crippen LogP contribution is -2.24. The minimum atomic E-state index is -1.02. The fraction of sp³-hybridized carbons (Fsp3) is 0.286. The molecule has 1 aliphatic heterocycles. The van der Waals surface area contributed by atoms with Crippen LogP contribution >= 0.6 is 11.6 Å². The fourth-order valence-corrected chi connectivity index (χ4v) is 2.55. The highest BCUT2D eigenvalue weighted by Crippen LogP contribution is 2.36. The van der Waals surface area contributed by atoms with E-state index in [-0.39, 0.29) is 11.5 Å². The van der Waals surface area contributed by atoms with Crippen LogP contribution in [0.3, 0.4) is 0 Å². The van der Waals surface area contributed by atoms with Crippen LogP contribution < -0.4 is 5.32 Å². The largest absolute Gasteiger partial charge is 0.478 e. The van der Waals surface area contributed by atoms with Gasteiger partial charge in [0.1, 0.15) is 6.29 Å². The van der Waals surface area contributed by atoms with E-state index in [0.29, 0.717) is 28.4 Å². The second-order valence-electron chi connectivity index (χ2n) is 4.57. The maximum atomic E-state index is 11.5. The number of benzene rings is 1. The molecule has 1 aromatic carbocycles. The molecule has 1 heterocycles. The second-order valence-corrected chi connectivity index (χ2v) is 4.98. The second kappa shape index (κ2) is 5.05. The Balaban J connectivity index is 2.78. The molecule has 1 aromatic rings. The monoisotopic (exact) mass is 279 g/mol. The number of carboxylic acids is 1. The van der Waals surface area contributed by atoms with E-state index >= 15 is 0 Å². The first kappa shape index (κ1) is 13.6. The van der Waals surface area contributed by atoms with Crippen LogP contribution in [0.5, 0.6) is 0 Å². The number of aldehydes is 1. The standard InChI is InChI=1S/C14H14ClNO3/c1-7(6-17)9-3-4-11(15)10-5-16-8(2)12(13(9)10)14(18)19/h3-4,6-7,16H,5H2,1-2H3,(H,18,19). The predicted molar refractivity (Wildman–Crippen MR) is 73.0 cm³/mol. The van der Waals surface area contributed by atoms with Gasteiger partial charge in [0.05, 0.1) is 5.57 Å². The van der Waals surface area contributed by atoms with Crippen molar-refractivity contribution in [3.63, 3.8) is 0 Å². The van der Waals surface area contributed by atoms with Gasteiger partial charge in [0, 0.05) is 28.7 Å². The molecule has 0 bridgehead atoms. The van der Waals surface area contributed by atoms with E-state index in [1.165, 1.54) is 0 Å². The molecule has 0 saturated carbocycles. The summed E-state index contributed by atoms with van der Waals surface area (Å²) in [6.45, 7) is 3.92. The molecule has 5 heteroatoms. The van der Waals surface area contributed by atoms with Crippen LogP contribution in [0.25, 0.3) is 5.57 Å². The molecular weight excluding hydrogens is 266 g/mol. The molecule has 0 fully saturated rings. The van der Waals surface area contributed by atoms with E-state index in [9.17, 15) is 14.7 Å². The van der Waals surface area contributed by atoms with Crippen molar-refractivity contribution in [3.05, 3.63) is 39.5 Å². The number of nitrogens with one attached hydrogen (secondary N) is 1. The summed E-state index contributed by atoms with van der Waals surface area (Å²) in [7, 11) is 0.